The highest BCUT2D eigenvalue weighted by Crippen LogP contribution is 2.36. The van der Waals surface area contributed by atoms with Crippen molar-refractivity contribution >= 4 is 17.0 Å². The van der Waals surface area contributed by atoms with Gasteiger partial charge in [-0.2, -0.15) is 0 Å². The van der Waals surface area contributed by atoms with Gasteiger partial charge in [0.15, 0.2) is 5.01 Å². The van der Waals surface area contributed by atoms with E-state index in [1.807, 2.05) is 0 Å². The van der Waals surface area contributed by atoms with E-state index >= 15 is 0 Å². The Morgan fingerprint density at radius 3 is 2.90 bits per heavy atom. The summed E-state index contributed by atoms with van der Waals surface area (Å²) in [5.74, 6) is 6.53. The average Bonchev–Trinajstić information content (AvgIpc) is 2.83. The zero-order chi connectivity index (χ0) is 13.9. The van der Waals surface area contributed by atoms with Crippen LogP contribution in [0.2, 0.25) is 0 Å². The van der Waals surface area contributed by atoms with Gasteiger partial charge >= 0.3 is 0 Å². The first-order chi connectivity index (χ1) is 9.72. The molecular formula is C15H12N2O2S. The Bertz CT molecular complexity index is 708. The summed E-state index contributed by atoms with van der Waals surface area (Å²) in [6.45, 7) is 0. The van der Waals surface area contributed by atoms with E-state index in [0.29, 0.717) is 11.5 Å². The number of hydrogen-bond acceptors (Lipinski definition) is 4. The molecule has 0 N–H and O–H groups in total. The fourth-order valence-corrected chi connectivity index (χ4v) is 2.80. The molecule has 1 fully saturated rings. The lowest BCUT2D eigenvalue weighted by atomic mass is 9.83. The van der Waals surface area contributed by atoms with Gasteiger partial charge in [-0.15, -0.1) is 11.3 Å². The molecule has 3 rings (SSSR count). The van der Waals surface area contributed by atoms with Crippen molar-refractivity contribution in [2.24, 2.45) is 0 Å². The third-order valence-electron chi connectivity index (χ3n) is 3.42. The van der Waals surface area contributed by atoms with Gasteiger partial charge in [-0.25, -0.2) is 4.98 Å². The van der Waals surface area contributed by atoms with E-state index < -0.39 is 4.92 Å². The molecule has 1 aromatic carbocycles. The number of nitro groups is 1. The minimum absolute atomic E-state index is 0.0612. The SMILES string of the molecule is O=[N+]([O-])c1cccc(C#Cc2nc(C3CCC3)cs2)c1. The minimum Gasteiger partial charge on any atom is -0.258 e. The van der Waals surface area contributed by atoms with Crippen molar-refractivity contribution in [3.8, 4) is 11.8 Å². The molecule has 0 spiro atoms. The Morgan fingerprint density at radius 2 is 2.20 bits per heavy atom. The molecule has 1 heterocycles. The molecule has 4 nitrogen and oxygen atoms in total. The number of rotatable bonds is 2. The third-order valence-corrected chi connectivity index (χ3v) is 4.19. The number of aromatic nitrogens is 1. The number of nitro benzene ring substituents is 1. The third kappa shape index (κ3) is 2.70. The lowest BCUT2D eigenvalue weighted by Crippen LogP contribution is -2.08. The van der Waals surface area contributed by atoms with E-state index in [1.165, 1.54) is 42.7 Å². The van der Waals surface area contributed by atoms with Crippen molar-refractivity contribution in [1.29, 1.82) is 0 Å². The van der Waals surface area contributed by atoms with Crippen molar-refractivity contribution in [3.63, 3.8) is 0 Å². The Balaban J connectivity index is 1.79. The van der Waals surface area contributed by atoms with E-state index in [-0.39, 0.29) is 5.69 Å². The largest absolute Gasteiger partial charge is 0.270 e. The van der Waals surface area contributed by atoms with Crippen molar-refractivity contribution in [2.75, 3.05) is 0 Å². The average molecular weight is 284 g/mol. The summed E-state index contributed by atoms with van der Waals surface area (Å²) in [6.07, 6.45) is 3.74. The molecule has 0 bridgehead atoms. The maximum absolute atomic E-state index is 10.7. The van der Waals surface area contributed by atoms with Crippen LogP contribution in [0.1, 0.15) is 41.4 Å². The maximum Gasteiger partial charge on any atom is 0.270 e. The van der Waals surface area contributed by atoms with Crippen LogP contribution in [0.4, 0.5) is 5.69 Å². The Kier molecular flexibility index (Phi) is 3.48. The monoisotopic (exact) mass is 284 g/mol. The van der Waals surface area contributed by atoms with Crippen LogP contribution in [0.25, 0.3) is 0 Å². The highest BCUT2D eigenvalue weighted by molar-refractivity contribution is 7.10. The molecule has 0 unspecified atom stereocenters. The van der Waals surface area contributed by atoms with Crippen molar-refractivity contribution in [3.05, 3.63) is 56.0 Å². The first-order valence-corrected chi connectivity index (χ1v) is 7.32. The van der Waals surface area contributed by atoms with E-state index in [4.69, 9.17) is 0 Å². The van der Waals surface area contributed by atoms with Gasteiger partial charge in [0.05, 0.1) is 10.6 Å². The predicted octanol–water partition coefficient (Wildman–Crippen LogP) is 3.72. The lowest BCUT2D eigenvalue weighted by molar-refractivity contribution is -0.384. The lowest BCUT2D eigenvalue weighted by Gasteiger charge is -2.22. The first-order valence-electron chi connectivity index (χ1n) is 6.44. The number of benzene rings is 1. The normalized spacial score (nSPS) is 14.2. The predicted molar refractivity (Wildman–Crippen MR) is 77.8 cm³/mol. The van der Waals surface area contributed by atoms with Gasteiger partial charge in [0.25, 0.3) is 5.69 Å². The Hall–Kier alpha value is -2.19. The van der Waals surface area contributed by atoms with Crippen LogP contribution in [0.3, 0.4) is 0 Å². The Morgan fingerprint density at radius 1 is 1.35 bits per heavy atom. The zero-order valence-electron chi connectivity index (χ0n) is 10.7. The second-order valence-electron chi connectivity index (χ2n) is 4.76. The Labute approximate surface area is 120 Å². The van der Waals surface area contributed by atoms with Crippen LogP contribution in [0.5, 0.6) is 0 Å². The molecule has 1 aliphatic rings. The second-order valence-corrected chi connectivity index (χ2v) is 5.62. The van der Waals surface area contributed by atoms with Gasteiger partial charge in [-0.05, 0) is 24.8 Å². The maximum atomic E-state index is 10.7. The highest BCUT2D eigenvalue weighted by atomic mass is 32.1. The van der Waals surface area contributed by atoms with Crippen LogP contribution in [0, 0.1) is 22.0 Å². The van der Waals surface area contributed by atoms with Crippen LogP contribution in [0.15, 0.2) is 29.6 Å². The van der Waals surface area contributed by atoms with Gasteiger partial charge in [0, 0.05) is 29.0 Å². The van der Waals surface area contributed by atoms with E-state index in [1.54, 1.807) is 12.1 Å². The number of nitrogens with zero attached hydrogens (tertiary/aromatic N) is 2. The second kappa shape index (κ2) is 5.43. The molecule has 0 atom stereocenters. The van der Waals surface area contributed by atoms with Crippen LogP contribution in [-0.4, -0.2) is 9.91 Å². The van der Waals surface area contributed by atoms with Gasteiger partial charge in [0.1, 0.15) is 0 Å². The van der Waals surface area contributed by atoms with Gasteiger partial charge in [0.2, 0.25) is 0 Å². The van der Waals surface area contributed by atoms with Crippen LogP contribution >= 0.6 is 11.3 Å². The molecule has 2 aromatic rings. The summed E-state index contributed by atoms with van der Waals surface area (Å²) in [4.78, 5) is 14.8. The summed E-state index contributed by atoms with van der Waals surface area (Å²) in [6, 6.07) is 6.35. The summed E-state index contributed by atoms with van der Waals surface area (Å²) >= 11 is 1.54. The van der Waals surface area contributed by atoms with Gasteiger partial charge in [-0.3, -0.25) is 10.1 Å². The molecule has 0 radical (unpaired) electrons. The molecule has 0 aliphatic heterocycles. The van der Waals surface area contributed by atoms with Crippen molar-refractivity contribution in [2.45, 2.75) is 25.2 Å². The smallest absolute Gasteiger partial charge is 0.258 e. The van der Waals surface area contributed by atoms with E-state index in [2.05, 4.69) is 22.2 Å². The van der Waals surface area contributed by atoms with Gasteiger partial charge < -0.3 is 0 Å². The molecule has 5 heteroatoms. The molecule has 0 saturated heterocycles. The van der Waals surface area contributed by atoms with Crippen molar-refractivity contribution in [1.82, 2.24) is 4.98 Å². The summed E-state index contributed by atoms with van der Waals surface area (Å²) in [5, 5.41) is 13.5. The summed E-state index contributed by atoms with van der Waals surface area (Å²) in [5.41, 5.74) is 1.84. The van der Waals surface area contributed by atoms with Crippen LogP contribution < -0.4 is 0 Å². The summed E-state index contributed by atoms with van der Waals surface area (Å²) < 4.78 is 0. The first kappa shape index (κ1) is 12.8. The molecule has 1 saturated carbocycles. The molecular weight excluding hydrogens is 272 g/mol. The molecule has 20 heavy (non-hydrogen) atoms. The summed E-state index contributed by atoms with van der Waals surface area (Å²) in [7, 11) is 0. The number of thiazole rings is 1. The fraction of sp³-hybridized carbons (Fsp3) is 0.267. The number of hydrogen-bond donors (Lipinski definition) is 0. The van der Waals surface area contributed by atoms with Crippen molar-refractivity contribution < 1.29 is 4.92 Å². The quantitative estimate of drug-likeness (QED) is 0.480. The minimum atomic E-state index is -0.413. The standard InChI is InChI=1S/C15H12N2O2S/c18-17(19)13-6-1-3-11(9-13)7-8-15-16-14(10-20-15)12-4-2-5-12/h1,3,6,9-10,12H,2,4-5H2. The van der Waals surface area contributed by atoms with E-state index in [0.717, 1.165) is 10.7 Å². The number of non-ortho nitro benzene ring substituents is 1. The topological polar surface area (TPSA) is 56.0 Å². The van der Waals surface area contributed by atoms with Gasteiger partial charge in [-0.1, -0.05) is 18.4 Å². The molecule has 0 amide bonds. The zero-order valence-corrected chi connectivity index (χ0v) is 11.5. The fourth-order valence-electron chi connectivity index (χ4n) is 2.06. The van der Waals surface area contributed by atoms with Crippen LogP contribution in [-0.2, 0) is 0 Å². The molecule has 1 aliphatic carbocycles. The molecule has 100 valence electrons. The highest BCUT2D eigenvalue weighted by Gasteiger charge is 2.21. The van der Waals surface area contributed by atoms with E-state index in [9.17, 15) is 10.1 Å². The molecule has 1 aromatic heterocycles.